The lowest BCUT2D eigenvalue weighted by atomic mass is 10.3. The highest BCUT2D eigenvalue weighted by Gasteiger charge is 2.18. The summed E-state index contributed by atoms with van der Waals surface area (Å²) >= 11 is 5.59. The number of hydrogen-bond donors (Lipinski definition) is 3. The molecule has 6 nitrogen and oxygen atoms in total. The van der Waals surface area contributed by atoms with Crippen LogP contribution in [0.15, 0.2) is 23.1 Å². The lowest BCUT2D eigenvalue weighted by Crippen LogP contribution is -2.35. The maximum absolute atomic E-state index is 11.4. The minimum Gasteiger partial charge on any atom is -0.398 e. The number of amides is 2. The van der Waals surface area contributed by atoms with Crippen molar-refractivity contribution < 1.29 is 13.2 Å². The van der Waals surface area contributed by atoms with E-state index in [1.807, 2.05) is 0 Å². The number of anilines is 1. The molecule has 0 heterocycles. The van der Waals surface area contributed by atoms with Gasteiger partial charge in [0.2, 0.25) is 0 Å². The number of carbonyl (C=O) groups is 1. The molecule has 2 amide bonds. The third-order valence-electron chi connectivity index (χ3n) is 1.50. The molecular weight excluding hydrogens is 242 g/mol. The fraction of sp³-hybridized carbons (Fsp3) is 0. The molecule has 0 radical (unpaired) electrons. The molecule has 0 bridgehead atoms. The second-order valence-corrected chi connectivity index (χ2v) is 4.74. The lowest BCUT2D eigenvalue weighted by Gasteiger charge is -2.07. The van der Waals surface area contributed by atoms with Crippen molar-refractivity contribution in [3.8, 4) is 0 Å². The van der Waals surface area contributed by atoms with Gasteiger partial charge in [-0.25, -0.2) is 17.9 Å². The van der Waals surface area contributed by atoms with E-state index in [0.29, 0.717) is 5.02 Å². The largest absolute Gasteiger partial charge is 0.398 e. The predicted octanol–water partition coefficient (Wildman–Crippen LogP) is 0.279. The fourth-order valence-electron chi connectivity index (χ4n) is 0.951. The Morgan fingerprint density at radius 3 is 2.47 bits per heavy atom. The van der Waals surface area contributed by atoms with Gasteiger partial charge in [-0.05, 0) is 18.2 Å². The Morgan fingerprint density at radius 1 is 1.40 bits per heavy atom. The van der Waals surface area contributed by atoms with E-state index in [4.69, 9.17) is 23.1 Å². The van der Waals surface area contributed by atoms with E-state index in [9.17, 15) is 13.2 Å². The van der Waals surface area contributed by atoms with Crippen molar-refractivity contribution in [3.05, 3.63) is 23.2 Å². The predicted molar refractivity (Wildman–Crippen MR) is 55.8 cm³/mol. The Kier molecular flexibility index (Phi) is 3.06. The molecule has 0 saturated heterocycles. The maximum Gasteiger partial charge on any atom is 0.326 e. The molecule has 15 heavy (non-hydrogen) atoms. The van der Waals surface area contributed by atoms with Crippen LogP contribution >= 0.6 is 11.6 Å². The highest BCUT2D eigenvalue weighted by molar-refractivity contribution is 7.90. The molecular formula is C7H8ClN3O3S. The number of primary amides is 1. The summed E-state index contributed by atoms with van der Waals surface area (Å²) in [7, 11) is -4.02. The van der Waals surface area contributed by atoms with Gasteiger partial charge in [0.05, 0.1) is 5.69 Å². The number of benzene rings is 1. The van der Waals surface area contributed by atoms with E-state index in [1.54, 1.807) is 4.72 Å². The molecule has 0 spiro atoms. The first-order valence-electron chi connectivity index (χ1n) is 3.70. The molecule has 1 rings (SSSR count). The van der Waals surface area contributed by atoms with E-state index >= 15 is 0 Å². The van der Waals surface area contributed by atoms with Crippen LogP contribution in [0.2, 0.25) is 5.02 Å². The molecule has 0 unspecified atom stereocenters. The number of carbonyl (C=O) groups excluding carboxylic acids is 1. The number of nitrogens with one attached hydrogen (secondary N) is 1. The first-order valence-corrected chi connectivity index (χ1v) is 5.56. The van der Waals surface area contributed by atoms with Gasteiger partial charge >= 0.3 is 6.03 Å². The minimum absolute atomic E-state index is 0.0590. The van der Waals surface area contributed by atoms with Gasteiger partial charge in [0.25, 0.3) is 10.0 Å². The van der Waals surface area contributed by atoms with Crippen LogP contribution in [0.25, 0.3) is 0 Å². The summed E-state index contributed by atoms with van der Waals surface area (Å²) in [5.74, 6) is 0. The molecule has 0 fully saturated rings. The normalized spacial score (nSPS) is 11.0. The zero-order valence-electron chi connectivity index (χ0n) is 7.40. The van der Waals surface area contributed by atoms with Crippen molar-refractivity contribution in [2.75, 3.05) is 5.73 Å². The van der Waals surface area contributed by atoms with Crippen molar-refractivity contribution in [1.82, 2.24) is 4.72 Å². The monoisotopic (exact) mass is 249 g/mol. The Bertz CT molecular complexity index is 500. The van der Waals surface area contributed by atoms with E-state index in [1.165, 1.54) is 18.2 Å². The van der Waals surface area contributed by atoms with Crippen molar-refractivity contribution in [3.63, 3.8) is 0 Å². The Labute approximate surface area is 91.3 Å². The summed E-state index contributed by atoms with van der Waals surface area (Å²) < 4.78 is 24.5. The second-order valence-electron chi connectivity index (χ2n) is 2.65. The maximum atomic E-state index is 11.4. The van der Waals surface area contributed by atoms with Crippen LogP contribution in [0, 0.1) is 0 Å². The molecule has 0 aliphatic carbocycles. The Morgan fingerprint density at radius 2 is 2.00 bits per heavy atom. The first kappa shape index (κ1) is 11.6. The SMILES string of the molecule is NC(=O)NS(=O)(=O)c1ccc(Cl)cc1N. The van der Waals surface area contributed by atoms with Crippen LogP contribution in [0.4, 0.5) is 10.5 Å². The smallest absolute Gasteiger partial charge is 0.326 e. The summed E-state index contributed by atoms with van der Waals surface area (Å²) in [4.78, 5) is 10.2. The number of nitrogen functional groups attached to an aromatic ring is 1. The third-order valence-corrected chi connectivity index (χ3v) is 3.15. The highest BCUT2D eigenvalue weighted by atomic mass is 35.5. The highest BCUT2D eigenvalue weighted by Crippen LogP contribution is 2.21. The number of hydrogen-bond acceptors (Lipinski definition) is 4. The van der Waals surface area contributed by atoms with Crippen molar-refractivity contribution in [1.29, 1.82) is 0 Å². The summed E-state index contributed by atoms with van der Waals surface area (Å²) in [6.07, 6.45) is 0. The van der Waals surface area contributed by atoms with Gasteiger partial charge in [-0.1, -0.05) is 11.6 Å². The fourth-order valence-corrected chi connectivity index (χ4v) is 2.12. The number of nitrogens with two attached hydrogens (primary N) is 2. The molecule has 0 saturated carbocycles. The molecule has 5 N–H and O–H groups in total. The van der Waals surface area contributed by atoms with Crippen molar-refractivity contribution >= 4 is 33.3 Å². The molecule has 0 aliphatic rings. The van der Waals surface area contributed by atoms with Gasteiger partial charge in [-0.15, -0.1) is 0 Å². The number of halogens is 1. The van der Waals surface area contributed by atoms with E-state index < -0.39 is 16.1 Å². The molecule has 8 heteroatoms. The van der Waals surface area contributed by atoms with E-state index in [0.717, 1.165) is 0 Å². The van der Waals surface area contributed by atoms with Crippen LogP contribution in [-0.4, -0.2) is 14.4 Å². The molecule has 1 aromatic carbocycles. The molecule has 82 valence electrons. The van der Waals surface area contributed by atoms with E-state index in [2.05, 4.69) is 0 Å². The van der Waals surface area contributed by atoms with E-state index in [-0.39, 0.29) is 10.6 Å². The minimum atomic E-state index is -4.02. The summed E-state index contributed by atoms with van der Waals surface area (Å²) in [5, 5.41) is 0.297. The van der Waals surface area contributed by atoms with Crippen LogP contribution in [0.3, 0.4) is 0 Å². The van der Waals surface area contributed by atoms with Gasteiger partial charge in [-0.3, -0.25) is 0 Å². The van der Waals surface area contributed by atoms with Gasteiger partial charge < -0.3 is 11.5 Å². The van der Waals surface area contributed by atoms with Crippen LogP contribution < -0.4 is 16.2 Å². The van der Waals surface area contributed by atoms with Crippen LogP contribution in [0.5, 0.6) is 0 Å². The van der Waals surface area contributed by atoms with Crippen LogP contribution in [-0.2, 0) is 10.0 Å². The Balaban J connectivity index is 3.22. The first-order chi connectivity index (χ1) is 6.83. The zero-order valence-corrected chi connectivity index (χ0v) is 8.97. The number of urea groups is 1. The molecule has 0 aliphatic heterocycles. The quantitative estimate of drug-likeness (QED) is 0.653. The van der Waals surface area contributed by atoms with Crippen molar-refractivity contribution in [2.45, 2.75) is 4.90 Å². The summed E-state index contributed by atoms with van der Waals surface area (Å²) in [5.41, 5.74) is 10.1. The van der Waals surface area contributed by atoms with Gasteiger partial charge in [0.1, 0.15) is 4.90 Å². The Hall–Kier alpha value is -1.47. The van der Waals surface area contributed by atoms with Crippen LogP contribution in [0.1, 0.15) is 0 Å². The number of sulfonamides is 1. The third kappa shape index (κ3) is 2.74. The van der Waals surface area contributed by atoms with Gasteiger partial charge in [0.15, 0.2) is 0 Å². The van der Waals surface area contributed by atoms with Gasteiger partial charge in [-0.2, -0.15) is 0 Å². The molecule has 1 aromatic rings. The standard InChI is InChI=1S/C7H8ClN3O3S/c8-4-1-2-6(5(9)3-4)15(13,14)11-7(10)12/h1-3H,9H2,(H3,10,11,12). The second kappa shape index (κ2) is 3.95. The lowest BCUT2D eigenvalue weighted by molar-refractivity contribution is 0.253. The van der Waals surface area contributed by atoms with Crippen molar-refractivity contribution in [2.24, 2.45) is 5.73 Å². The molecule has 0 aromatic heterocycles. The average Bonchev–Trinajstić information content (AvgIpc) is 1.99. The molecule has 0 atom stereocenters. The zero-order chi connectivity index (χ0) is 11.6. The van der Waals surface area contributed by atoms with Gasteiger partial charge in [0, 0.05) is 5.02 Å². The number of rotatable bonds is 2. The summed E-state index contributed by atoms with van der Waals surface area (Å²) in [6.45, 7) is 0. The average molecular weight is 250 g/mol. The summed E-state index contributed by atoms with van der Waals surface area (Å²) in [6, 6.07) is 2.61. The topological polar surface area (TPSA) is 115 Å².